The van der Waals surface area contributed by atoms with Crippen LogP contribution >= 0.6 is 22.9 Å². The van der Waals surface area contributed by atoms with E-state index in [4.69, 9.17) is 11.6 Å². The van der Waals surface area contributed by atoms with Crippen LogP contribution < -0.4 is 10.6 Å². The number of carbonyl (C=O) groups excluding carboxylic acids is 2. The lowest BCUT2D eigenvalue weighted by atomic mass is 10.1. The van der Waals surface area contributed by atoms with Gasteiger partial charge in [-0.1, -0.05) is 35.9 Å². The minimum absolute atomic E-state index is 0.260. The lowest BCUT2D eigenvalue weighted by molar-refractivity contribution is 0.0964. The van der Waals surface area contributed by atoms with Crippen LogP contribution in [0.1, 0.15) is 25.6 Å². The fourth-order valence-electron chi connectivity index (χ4n) is 2.53. The van der Waals surface area contributed by atoms with Gasteiger partial charge in [0.1, 0.15) is 4.88 Å². The van der Waals surface area contributed by atoms with E-state index in [1.165, 1.54) is 11.3 Å². The Hall–Kier alpha value is -2.37. The maximum absolute atomic E-state index is 12.7. The highest BCUT2D eigenvalue weighted by Crippen LogP contribution is 2.37. The summed E-state index contributed by atoms with van der Waals surface area (Å²) in [7, 11) is 1.55. The van der Waals surface area contributed by atoms with Gasteiger partial charge < -0.3 is 10.6 Å². The third-order valence-electron chi connectivity index (χ3n) is 3.72. The van der Waals surface area contributed by atoms with Gasteiger partial charge in [-0.25, -0.2) is 0 Å². The number of carbonyl (C=O) groups is 2. The molecular formula is C18H15ClN2O2S. The molecular weight excluding hydrogens is 344 g/mol. The molecule has 1 aromatic heterocycles. The summed E-state index contributed by atoms with van der Waals surface area (Å²) in [5, 5.41) is 6.70. The molecule has 0 aliphatic heterocycles. The molecule has 3 aromatic rings. The molecule has 6 heteroatoms. The summed E-state index contributed by atoms with van der Waals surface area (Å²) < 4.78 is 0.963. The number of rotatable bonds is 3. The first-order valence-electron chi connectivity index (χ1n) is 7.33. The van der Waals surface area contributed by atoms with Crippen LogP contribution in [-0.4, -0.2) is 18.9 Å². The summed E-state index contributed by atoms with van der Waals surface area (Å²) in [6.07, 6.45) is 0. The smallest absolute Gasteiger partial charge is 0.267 e. The third kappa shape index (κ3) is 2.88. The molecule has 2 N–H and O–H groups in total. The van der Waals surface area contributed by atoms with Crippen LogP contribution in [0.2, 0.25) is 5.02 Å². The Bertz CT molecular complexity index is 949. The van der Waals surface area contributed by atoms with Crippen molar-refractivity contribution in [1.29, 1.82) is 0 Å². The molecule has 0 unspecified atom stereocenters. The number of thiophene rings is 1. The quantitative estimate of drug-likeness (QED) is 0.725. The second-order valence-corrected chi connectivity index (χ2v) is 6.70. The highest BCUT2D eigenvalue weighted by molar-refractivity contribution is 7.21. The normalized spacial score (nSPS) is 10.6. The van der Waals surface area contributed by atoms with Gasteiger partial charge in [0.15, 0.2) is 0 Å². The van der Waals surface area contributed by atoms with Crippen molar-refractivity contribution in [2.75, 3.05) is 12.4 Å². The van der Waals surface area contributed by atoms with Gasteiger partial charge in [-0.15, -0.1) is 11.3 Å². The SMILES string of the molecule is CNC(=O)c1ccccc1NC(=O)c1sc2cccc(C)c2c1Cl. The van der Waals surface area contributed by atoms with Crippen molar-refractivity contribution in [2.24, 2.45) is 0 Å². The number of benzene rings is 2. The van der Waals surface area contributed by atoms with Crippen LogP contribution in [0.25, 0.3) is 10.1 Å². The average molecular weight is 359 g/mol. The summed E-state index contributed by atoms with van der Waals surface area (Å²) in [4.78, 5) is 25.0. The topological polar surface area (TPSA) is 58.2 Å². The van der Waals surface area contributed by atoms with E-state index < -0.39 is 0 Å². The standard InChI is InChI=1S/C18H15ClN2O2S/c1-10-6-5-9-13-14(10)15(19)16(24-13)18(23)21-12-8-4-3-7-11(12)17(22)20-2/h3-9H,1-2H3,(H,20,22)(H,21,23). The van der Waals surface area contributed by atoms with Gasteiger partial charge in [-0.2, -0.15) is 0 Å². The van der Waals surface area contributed by atoms with Crippen molar-refractivity contribution < 1.29 is 9.59 Å². The van der Waals surface area contributed by atoms with Gasteiger partial charge in [0.2, 0.25) is 0 Å². The van der Waals surface area contributed by atoms with Crippen LogP contribution in [0.4, 0.5) is 5.69 Å². The zero-order valence-electron chi connectivity index (χ0n) is 13.1. The molecule has 4 nitrogen and oxygen atoms in total. The number of halogens is 1. The molecule has 2 amide bonds. The zero-order chi connectivity index (χ0) is 17.3. The van der Waals surface area contributed by atoms with Crippen LogP contribution in [0, 0.1) is 6.92 Å². The van der Waals surface area contributed by atoms with E-state index in [2.05, 4.69) is 10.6 Å². The Labute approximate surface area is 148 Å². The van der Waals surface area contributed by atoms with Gasteiger partial charge in [0, 0.05) is 17.1 Å². The van der Waals surface area contributed by atoms with E-state index in [1.54, 1.807) is 31.3 Å². The summed E-state index contributed by atoms with van der Waals surface area (Å²) in [6.45, 7) is 1.96. The van der Waals surface area contributed by atoms with E-state index in [-0.39, 0.29) is 11.8 Å². The molecule has 122 valence electrons. The van der Waals surface area contributed by atoms with Gasteiger partial charge in [0.25, 0.3) is 11.8 Å². The van der Waals surface area contributed by atoms with E-state index in [9.17, 15) is 9.59 Å². The number of amides is 2. The molecule has 0 saturated carbocycles. The van der Waals surface area contributed by atoms with Crippen molar-refractivity contribution in [3.63, 3.8) is 0 Å². The highest BCUT2D eigenvalue weighted by Gasteiger charge is 2.20. The maximum atomic E-state index is 12.7. The first-order valence-corrected chi connectivity index (χ1v) is 8.52. The Morgan fingerprint density at radius 1 is 1.04 bits per heavy atom. The van der Waals surface area contributed by atoms with Crippen molar-refractivity contribution in [2.45, 2.75) is 6.92 Å². The summed E-state index contributed by atoms with van der Waals surface area (Å²) in [6, 6.07) is 12.7. The maximum Gasteiger partial charge on any atom is 0.267 e. The predicted molar refractivity (Wildman–Crippen MR) is 99.4 cm³/mol. The minimum Gasteiger partial charge on any atom is -0.355 e. The van der Waals surface area contributed by atoms with Gasteiger partial charge in [-0.3, -0.25) is 9.59 Å². The minimum atomic E-state index is -0.322. The van der Waals surface area contributed by atoms with E-state index in [0.29, 0.717) is 21.2 Å². The van der Waals surface area contributed by atoms with E-state index in [0.717, 1.165) is 15.6 Å². The Morgan fingerprint density at radius 2 is 1.79 bits per heavy atom. The summed E-state index contributed by atoms with van der Waals surface area (Å²) in [5.74, 6) is -0.582. The van der Waals surface area contributed by atoms with Crippen molar-refractivity contribution in [3.05, 3.63) is 63.5 Å². The molecule has 0 aliphatic rings. The number of para-hydroxylation sites is 1. The monoisotopic (exact) mass is 358 g/mol. The van der Waals surface area contributed by atoms with Gasteiger partial charge >= 0.3 is 0 Å². The molecule has 0 fully saturated rings. The first-order chi connectivity index (χ1) is 11.5. The zero-order valence-corrected chi connectivity index (χ0v) is 14.7. The van der Waals surface area contributed by atoms with Crippen molar-refractivity contribution >= 4 is 50.5 Å². The first kappa shape index (κ1) is 16.5. The van der Waals surface area contributed by atoms with Crippen LogP contribution in [0.3, 0.4) is 0 Å². The fraction of sp³-hybridized carbons (Fsp3) is 0.111. The number of fused-ring (bicyclic) bond motifs is 1. The lowest BCUT2D eigenvalue weighted by Crippen LogP contribution is -2.21. The summed E-state index contributed by atoms with van der Waals surface area (Å²) in [5.41, 5.74) is 1.88. The fourth-order valence-corrected chi connectivity index (χ4v) is 4.10. The highest BCUT2D eigenvalue weighted by atomic mass is 35.5. The van der Waals surface area contributed by atoms with Crippen LogP contribution in [0.5, 0.6) is 0 Å². The Kier molecular flexibility index (Phi) is 4.55. The second kappa shape index (κ2) is 6.63. The van der Waals surface area contributed by atoms with Crippen LogP contribution in [-0.2, 0) is 0 Å². The predicted octanol–water partition coefficient (Wildman–Crippen LogP) is 4.48. The Balaban J connectivity index is 1.99. The summed E-state index contributed by atoms with van der Waals surface area (Å²) >= 11 is 7.76. The van der Waals surface area contributed by atoms with E-state index in [1.807, 2.05) is 25.1 Å². The van der Waals surface area contributed by atoms with Crippen LogP contribution in [0.15, 0.2) is 42.5 Å². The molecule has 0 saturated heterocycles. The second-order valence-electron chi connectivity index (χ2n) is 5.27. The molecule has 3 rings (SSSR count). The number of anilines is 1. The molecule has 0 spiro atoms. The van der Waals surface area contributed by atoms with Crippen molar-refractivity contribution in [1.82, 2.24) is 5.32 Å². The largest absolute Gasteiger partial charge is 0.355 e. The third-order valence-corrected chi connectivity index (χ3v) is 5.36. The van der Waals surface area contributed by atoms with Crippen molar-refractivity contribution in [3.8, 4) is 0 Å². The van der Waals surface area contributed by atoms with Gasteiger partial charge in [-0.05, 0) is 30.7 Å². The molecule has 0 aliphatic carbocycles. The molecule has 24 heavy (non-hydrogen) atoms. The molecule has 0 atom stereocenters. The number of hydrogen-bond donors (Lipinski definition) is 2. The number of aryl methyl sites for hydroxylation is 1. The van der Waals surface area contributed by atoms with Gasteiger partial charge in [0.05, 0.1) is 16.3 Å². The van der Waals surface area contributed by atoms with E-state index >= 15 is 0 Å². The average Bonchev–Trinajstić information content (AvgIpc) is 2.93. The Morgan fingerprint density at radius 3 is 2.50 bits per heavy atom. The lowest BCUT2D eigenvalue weighted by Gasteiger charge is -2.09. The molecule has 2 aromatic carbocycles. The number of hydrogen-bond acceptors (Lipinski definition) is 3. The number of nitrogens with one attached hydrogen (secondary N) is 2. The molecule has 0 radical (unpaired) electrons. The molecule has 1 heterocycles. The molecule has 0 bridgehead atoms.